The van der Waals surface area contributed by atoms with Crippen molar-refractivity contribution in [2.45, 2.75) is 31.0 Å². The number of fused-ring (bicyclic) bond motifs is 1. The Labute approximate surface area is 183 Å². The smallest absolute Gasteiger partial charge is 0.490 e. The lowest BCUT2D eigenvalue weighted by Gasteiger charge is -2.23. The first-order valence-electron chi connectivity index (χ1n) is 9.31. The second kappa shape index (κ2) is 8.37. The van der Waals surface area contributed by atoms with Crippen molar-refractivity contribution < 1.29 is 46.0 Å². The lowest BCUT2D eigenvalue weighted by molar-refractivity contribution is -0.670. The Morgan fingerprint density at radius 1 is 1.42 bits per heavy atom. The maximum atomic E-state index is 12.8. The standard InChI is InChI=1S/C16H17F3N7O6P/c1-24-2-3-25(8-24)33(28,29)30-5-10-9(32-15(27)16(17,18)19)4-11(31-10)26-7-23-12-13(20)21-6-22-14(12)26/h2-3,6-11H,4-5H2,1H3,(H2-,20,21,22,28,29). The zero-order chi connectivity index (χ0) is 24.0. The summed E-state index contributed by atoms with van der Waals surface area (Å²) in [4.78, 5) is 35.7. The molecule has 1 aliphatic heterocycles. The molecule has 1 saturated heterocycles. The number of halogens is 3. The van der Waals surface area contributed by atoms with Crippen molar-refractivity contribution in [1.82, 2.24) is 23.9 Å². The van der Waals surface area contributed by atoms with E-state index in [4.69, 9.17) is 15.0 Å². The average molecular weight is 491 g/mol. The molecule has 1 aliphatic rings. The van der Waals surface area contributed by atoms with E-state index in [0.717, 1.165) is 10.7 Å². The molecular formula is C16H17F3N7O6P. The Kier molecular flexibility index (Phi) is 5.86. The molecule has 178 valence electrons. The number of nitrogens with two attached hydrogens (primary N) is 1. The Morgan fingerprint density at radius 2 is 2.18 bits per heavy atom. The number of ether oxygens (including phenoxy) is 2. The molecule has 4 heterocycles. The van der Waals surface area contributed by atoms with E-state index in [1.165, 1.54) is 34.2 Å². The van der Waals surface area contributed by atoms with Gasteiger partial charge in [-0.2, -0.15) is 17.5 Å². The number of nitrogen functional groups attached to an aromatic ring is 1. The molecule has 4 unspecified atom stereocenters. The fourth-order valence-corrected chi connectivity index (χ4v) is 4.23. The summed E-state index contributed by atoms with van der Waals surface area (Å²) < 4.78 is 69.5. The zero-order valence-electron chi connectivity index (χ0n) is 16.8. The Bertz CT molecular complexity index is 1230. The molecule has 0 aliphatic carbocycles. The predicted octanol–water partition coefficient (Wildman–Crippen LogP) is -0.171. The van der Waals surface area contributed by atoms with Crippen LogP contribution in [0.5, 0.6) is 0 Å². The molecule has 4 atom stereocenters. The number of aromatic nitrogens is 6. The number of nitrogens with zero attached hydrogens (tertiary/aromatic N) is 6. The van der Waals surface area contributed by atoms with Crippen LogP contribution in [0.1, 0.15) is 12.6 Å². The third-order valence-corrected chi connectivity index (χ3v) is 6.09. The van der Waals surface area contributed by atoms with Crippen LogP contribution in [0.2, 0.25) is 0 Å². The van der Waals surface area contributed by atoms with E-state index >= 15 is 0 Å². The first-order chi connectivity index (χ1) is 15.5. The summed E-state index contributed by atoms with van der Waals surface area (Å²) in [5, 5.41) is 0. The molecule has 13 nitrogen and oxygen atoms in total. The van der Waals surface area contributed by atoms with Crippen LogP contribution >= 0.6 is 7.75 Å². The maximum Gasteiger partial charge on any atom is 0.490 e. The van der Waals surface area contributed by atoms with Crippen LogP contribution in [0.15, 0.2) is 31.4 Å². The number of esters is 1. The molecule has 17 heteroatoms. The lowest BCUT2D eigenvalue weighted by Crippen LogP contribution is -2.36. The number of rotatable bonds is 6. The van der Waals surface area contributed by atoms with Crippen molar-refractivity contribution in [3.05, 3.63) is 31.4 Å². The van der Waals surface area contributed by atoms with Gasteiger partial charge in [0.25, 0.3) is 0 Å². The second-order valence-corrected chi connectivity index (χ2v) is 8.77. The van der Waals surface area contributed by atoms with Gasteiger partial charge < -0.3 is 24.6 Å². The van der Waals surface area contributed by atoms with Crippen LogP contribution < -0.4 is 15.2 Å². The first kappa shape index (κ1) is 23.1. The summed E-state index contributed by atoms with van der Waals surface area (Å²) in [5.41, 5.74) is 6.19. The molecule has 3 aromatic rings. The molecule has 0 radical (unpaired) electrons. The monoisotopic (exact) mass is 491 g/mol. The van der Waals surface area contributed by atoms with Crippen LogP contribution in [0.4, 0.5) is 19.0 Å². The molecule has 0 spiro atoms. The van der Waals surface area contributed by atoms with Gasteiger partial charge in [0.2, 0.25) is 6.33 Å². The third kappa shape index (κ3) is 4.68. The highest BCUT2D eigenvalue weighted by atomic mass is 31.2. The number of hydrogen-bond donors (Lipinski definition) is 1. The van der Waals surface area contributed by atoms with Crippen LogP contribution in [0, 0.1) is 0 Å². The summed E-state index contributed by atoms with van der Waals surface area (Å²) in [6, 6.07) is 0. The molecule has 0 aromatic carbocycles. The van der Waals surface area contributed by atoms with Gasteiger partial charge in [-0.15, -0.1) is 0 Å². The fraction of sp³-hybridized carbons (Fsp3) is 0.438. The van der Waals surface area contributed by atoms with E-state index in [1.807, 2.05) is 0 Å². The number of carbonyl (C=O) groups excluding carboxylic acids is 1. The molecule has 2 N–H and O–H groups in total. The molecule has 0 bridgehead atoms. The second-order valence-electron chi connectivity index (χ2n) is 7.11. The van der Waals surface area contributed by atoms with Crippen molar-refractivity contribution in [3.63, 3.8) is 0 Å². The zero-order valence-corrected chi connectivity index (χ0v) is 17.7. The molecule has 33 heavy (non-hydrogen) atoms. The van der Waals surface area contributed by atoms with Crippen LogP contribution in [0.25, 0.3) is 11.2 Å². The SMILES string of the molecule is C[n+]1ccn(P(=O)([O-])OCC2OC(n3cnc4c(N)ncnc43)CC2OC(=O)C(F)(F)F)c1. The largest absolute Gasteiger partial charge is 0.742 e. The van der Waals surface area contributed by atoms with Gasteiger partial charge in [-0.05, 0) is 0 Å². The minimum Gasteiger partial charge on any atom is -0.742 e. The molecule has 0 amide bonds. The van der Waals surface area contributed by atoms with Gasteiger partial charge >= 0.3 is 19.9 Å². The van der Waals surface area contributed by atoms with Crippen molar-refractivity contribution in [2.24, 2.45) is 7.05 Å². The minimum atomic E-state index is -5.25. The van der Waals surface area contributed by atoms with Gasteiger partial charge in [-0.25, -0.2) is 24.3 Å². The Balaban J connectivity index is 1.56. The van der Waals surface area contributed by atoms with Crippen molar-refractivity contribution in [3.8, 4) is 0 Å². The third-order valence-electron chi connectivity index (χ3n) is 4.81. The number of anilines is 1. The molecule has 3 aromatic heterocycles. The predicted molar refractivity (Wildman–Crippen MR) is 98.8 cm³/mol. The first-order valence-corrected chi connectivity index (χ1v) is 10.8. The number of imidazole rings is 2. The van der Waals surface area contributed by atoms with Crippen LogP contribution in [-0.4, -0.2) is 54.8 Å². The van der Waals surface area contributed by atoms with E-state index in [9.17, 15) is 27.4 Å². The fourth-order valence-electron chi connectivity index (χ4n) is 3.25. The van der Waals surface area contributed by atoms with Gasteiger partial charge in [-0.1, -0.05) is 0 Å². The van der Waals surface area contributed by atoms with Crippen molar-refractivity contribution >= 4 is 30.7 Å². The van der Waals surface area contributed by atoms with Crippen LogP contribution in [0.3, 0.4) is 0 Å². The highest BCUT2D eigenvalue weighted by Crippen LogP contribution is 2.41. The van der Waals surface area contributed by atoms with E-state index < -0.39 is 44.9 Å². The highest BCUT2D eigenvalue weighted by Gasteiger charge is 2.47. The summed E-state index contributed by atoms with van der Waals surface area (Å²) >= 11 is 0. The van der Waals surface area contributed by atoms with Gasteiger partial charge in [0.05, 0.1) is 20.0 Å². The Morgan fingerprint density at radius 3 is 2.85 bits per heavy atom. The van der Waals surface area contributed by atoms with Gasteiger partial charge in [0.1, 0.15) is 42.7 Å². The highest BCUT2D eigenvalue weighted by molar-refractivity contribution is 7.49. The topological polar surface area (TPSA) is 163 Å². The number of hydrogen-bond acceptors (Lipinski definition) is 10. The maximum absolute atomic E-state index is 12.8. The molecular weight excluding hydrogens is 474 g/mol. The Hall–Kier alpha value is -3.07. The normalized spacial score (nSPS) is 23.0. The van der Waals surface area contributed by atoms with Gasteiger partial charge in [0, 0.05) is 6.42 Å². The van der Waals surface area contributed by atoms with Crippen molar-refractivity contribution in [1.29, 1.82) is 0 Å². The number of carbonyl (C=O) groups is 1. The van der Waals surface area contributed by atoms with E-state index in [-0.39, 0.29) is 23.4 Å². The number of alkyl halides is 3. The summed E-state index contributed by atoms with van der Waals surface area (Å²) in [6.45, 7) is -0.710. The lowest BCUT2D eigenvalue weighted by atomic mass is 10.2. The van der Waals surface area contributed by atoms with Crippen LogP contribution in [-0.2, 0) is 30.4 Å². The number of aryl methyl sites for hydroxylation is 1. The molecule has 4 rings (SSSR count). The van der Waals surface area contributed by atoms with E-state index in [2.05, 4.69) is 19.7 Å². The van der Waals surface area contributed by atoms with Crippen molar-refractivity contribution in [2.75, 3.05) is 12.3 Å². The van der Waals surface area contributed by atoms with Gasteiger partial charge in [-0.3, -0.25) is 9.13 Å². The van der Waals surface area contributed by atoms with E-state index in [0.29, 0.717) is 0 Å². The molecule has 1 fully saturated rings. The molecule has 0 saturated carbocycles. The minimum absolute atomic E-state index is 0.0730. The van der Waals surface area contributed by atoms with E-state index in [1.54, 1.807) is 7.05 Å². The average Bonchev–Trinajstić information content (AvgIpc) is 3.44. The summed E-state index contributed by atoms with van der Waals surface area (Å²) in [5.74, 6) is -2.37. The summed E-state index contributed by atoms with van der Waals surface area (Å²) in [6.07, 6.45) is -2.99. The summed E-state index contributed by atoms with van der Waals surface area (Å²) in [7, 11) is -3.07. The quantitative estimate of drug-likeness (QED) is 0.278. The van der Waals surface area contributed by atoms with Gasteiger partial charge in [0.15, 0.2) is 11.5 Å².